The van der Waals surface area contributed by atoms with E-state index in [0.29, 0.717) is 11.5 Å². The van der Waals surface area contributed by atoms with Gasteiger partial charge in [0, 0.05) is 33.8 Å². The van der Waals surface area contributed by atoms with Gasteiger partial charge < -0.3 is 29.2 Å². The van der Waals surface area contributed by atoms with Gasteiger partial charge in [-0.15, -0.1) is 47.0 Å². The molecule has 2 unspecified atom stereocenters. The van der Waals surface area contributed by atoms with Crippen molar-refractivity contribution in [1.29, 1.82) is 0 Å². The molecule has 196 valence electrons. The number of aliphatic hydroxyl groups excluding tert-OH is 2. The lowest BCUT2D eigenvalue weighted by molar-refractivity contribution is -0.145. The molecule has 2 aliphatic heterocycles. The van der Waals surface area contributed by atoms with Gasteiger partial charge in [-0.05, 0) is 12.1 Å². The zero-order chi connectivity index (χ0) is 25.3. The molecule has 0 spiro atoms. The summed E-state index contributed by atoms with van der Waals surface area (Å²) in [4.78, 5) is 24.0. The first-order chi connectivity index (χ1) is 17.5. The Morgan fingerprint density at radius 1 is 0.694 bits per heavy atom. The Hall–Kier alpha value is -1.44. The molecule has 0 bridgehead atoms. The number of benzene rings is 2. The van der Waals surface area contributed by atoms with Crippen LogP contribution in [0, 0.1) is 0 Å². The number of fused-ring (bicyclic) bond motifs is 1. The maximum atomic E-state index is 12.0. The fraction of sp³-hybridized carbons (Fsp3) is 0.500. The molecule has 0 radical (unpaired) electrons. The molecule has 2 N–H and O–H groups in total. The van der Waals surface area contributed by atoms with Crippen molar-refractivity contribution in [2.45, 2.75) is 21.4 Å². The molecule has 2 aliphatic rings. The highest BCUT2D eigenvalue weighted by molar-refractivity contribution is 8.21. The molecule has 0 saturated carbocycles. The zero-order valence-electron chi connectivity index (χ0n) is 19.4. The summed E-state index contributed by atoms with van der Waals surface area (Å²) in [7, 11) is 0. The maximum Gasteiger partial charge on any atom is 0.329 e. The summed E-state index contributed by atoms with van der Waals surface area (Å²) in [5.74, 6) is 4.16. The SMILES string of the molecule is O=C(OCC(O)COc1cccc2c(OCC(O)COC(=O)C3SCCS3)cccc12)C1SCCS1. The predicted octanol–water partition coefficient (Wildman–Crippen LogP) is 3.02. The van der Waals surface area contributed by atoms with Gasteiger partial charge in [-0.25, -0.2) is 9.59 Å². The van der Waals surface area contributed by atoms with E-state index >= 15 is 0 Å². The van der Waals surface area contributed by atoms with E-state index in [9.17, 15) is 19.8 Å². The molecule has 2 aromatic rings. The Balaban J connectivity index is 1.26. The van der Waals surface area contributed by atoms with Crippen molar-refractivity contribution in [3.05, 3.63) is 36.4 Å². The normalized spacial score (nSPS) is 18.2. The number of rotatable bonds is 12. The highest BCUT2D eigenvalue weighted by Crippen LogP contribution is 2.34. The largest absolute Gasteiger partial charge is 0.490 e. The highest BCUT2D eigenvalue weighted by atomic mass is 32.2. The van der Waals surface area contributed by atoms with E-state index in [1.165, 1.54) is 0 Å². The maximum absolute atomic E-state index is 12.0. The quantitative estimate of drug-likeness (QED) is 0.365. The minimum Gasteiger partial charge on any atom is -0.490 e. The lowest BCUT2D eigenvalue weighted by atomic mass is 10.1. The minimum atomic E-state index is -0.959. The molecule has 2 atom stereocenters. The monoisotopic (exact) mass is 572 g/mol. The average Bonchev–Trinajstić information content (AvgIpc) is 3.63. The molecule has 12 heteroatoms. The van der Waals surface area contributed by atoms with Crippen molar-refractivity contribution in [3.63, 3.8) is 0 Å². The molecular weight excluding hydrogens is 545 g/mol. The van der Waals surface area contributed by atoms with Crippen LogP contribution < -0.4 is 9.47 Å². The second-order valence-electron chi connectivity index (χ2n) is 7.94. The highest BCUT2D eigenvalue weighted by Gasteiger charge is 2.27. The first kappa shape index (κ1) is 27.6. The molecule has 0 aliphatic carbocycles. The second-order valence-corrected chi connectivity index (χ2v) is 13.4. The molecular formula is C24H28O8S4. The summed E-state index contributed by atoms with van der Waals surface area (Å²) in [5.41, 5.74) is 0. The van der Waals surface area contributed by atoms with Gasteiger partial charge in [0.25, 0.3) is 0 Å². The van der Waals surface area contributed by atoms with Gasteiger partial charge in [-0.3, -0.25) is 0 Å². The van der Waals surface area contributed by atoms with E-state index in [1.807, 2.05) is 12.1 Å². The van der Waals surface area contributed by atoms with Crippen LogP contribution >= 0.6 is 47.0 Å². The number of carbonyl (C=O) groups excluding carboxylic acids is 2. The summed E-state index contributed by atoms with van der Waals surface area (Å²) in [5, 5.41) is 22.0. The van der Waals surface area contributed by atoms with Gasteiger partial charge in [0.1, 0.15) is 59.3 Å². The summed E-state index contributed by atoms with van der Waals surface area (Å²) < 4.78 is 21.6. The minimum absolute atomic E-state index is 0.0376. The number of hydrogen-bond donors (Lipinski definition) is 2. The van der Waals surface area contributed by atoms with E-state index in [1.54, 1.807) is 71.3 Å². The molecule has 2 heterocycles. The Morgan fingerprint density at radius 2 is 1.08 bits per heavy atom. The first-order valence-electron chi connectivity index (χ1n) is 11.4. The predicted molar refractivity (Wildman–Crippen MR) is 146 cm³/mol. The standard InChI is InChI=1S/C24H28O8S4/c25-15(13-31-21(27)23-33-7-8-34-23)11-29-19-5-1-3-17-18(19)4-2-6-20(17)30-12-16(26)14-32-22(28)24-35-9-10-36-24/h1-6,15-16,23-26H,7-14H2. The zero-order valence-corrected chi connectivity index (χ0v) is 22.7. The number of hydrogen-bond acceptors (Lipinski definition) is 12. The number of esters is 2. The number of ether oxygens (including phenoxy) is 4. The Morgan fingerprint density at radius 3 is 1.47 bits per heavy atom. The summed E-state index contributed by atoms with van der Waals surface area (Å²) in [6.07, 6.45) is -1.92. The van der Waals surface area contributed by atoms with Crippen LogP contribution in [0.2, 0.25) is 0 Å². The smallest absolute Gasteiger partial charge is 0.329 e. The van der Waals surface area contributed by atoms with Gasteiger partial charge in [0.15, 0.2) is 0 Å². The third kappa shape index (κ3) is 7.78. The van der Waals surface area contributed by atoms with Crippen LogP contribution in [-0.4, -0.2) is 93.0 Å². The molecule has 36 heavy (non-hydrogen) atoms. The van der Waals surface area contributed by atoms with E-state index < -0.39 is 12.2 Å². The average molecular weight is 573 g/mol. The summed E-state index contributed by atoms with van der Waals surface area (Å²) in [6.45, 7) is -0.333. The van der Waals surface area contributed by atoms with Crippen LogP contribution in [0.4, 0.5) is 0 Å². The van der Waals surface area contributed by atoms with Crippen LogP contribution in [0.15, 0.2) is 36.4 Å². The fourth-order valence-electron chi connectivity index (χ4n) is 3.45. The van der Waals surface area contributed by atoms with Gasteiger partial charge in [-0.1, -0.05) is 24.3 Å². The Kier molecular flexibility index (Phi) is 10.7. The third-order valence-corrected chi connectivity index (χ3v) is 11.1. The van der Waals surface area contributed by atoms with Crippen LogP contribution in [0.3, 0.4) is 0 Å². The van der Waals surface area contributed by atoms with Gasteiger partial charge in [0.05, 0.1) is 0 Å². The Bertz CT molecular complexity index is 945. The van der Waals surface area contributed by atoms with Crippen LogP contribution in [0.1, 0.15) is 0 Å². The number of carbonyl (C=O) groups is 2. The van der Waals surface area contributed by atoms with Crippen LogP contribution in [0.5, 0.6) is 11.5 Å². The third-order valence-electron chi connectivity index (χ3n) is 5.17. The van der Waals surface area contributed by atoms with Crippen molar-refractivity contribution in [3.8, 4) is 11.5 Å². The van der Waals surface area contributed by atoms with Crippen LogP contribution in [0.25, 0.3) is 10.8 Å². The topological polar surface area (TPSA) is 112 Å². The second kappa shape index (κ2) is 13.9. The van der Waals surface area contributed by atoms with Gasteiger partial charge in [0.2, 0.25) is 0 Å². The van der Waals surface area contributed by atoms with E-state index in [4.69, 9.17) is 18.9 Å². The van der Waals surface area contributed by atoms with E-state index in [0.717, 1.165) is 33.8 Å². The fourth-order valence-corrected chi connectivity index (χ4v) is 8.59. The van der Waals surface area contributed by atoms with Crippen molar-refractivity contribution in [2.24, 2.45) is 0 Å². The summed E-state index contributed by atoms with van der Waals surface area (Å²) >= 11 is 6.22. The van der Waals surface area contributed by atoms with Crippen LogP contribution in [-0.2, 0) is 19.1 Å². The van der Waals surface area contributed by atoms with Crippen molar-refractivity contribution >= 4 is 69.8 Å². The summed E-state index contributed by atoms with van der Waals surface area (Å²) in [6, 6.07) is 10.9. The van der Waals surface area contributed by atoms with Gasteiger partial charge in [-0.2, -0.15) is 0 Å². The number of thioether (sulfide) groups is 4. The molecule has 0 aromatic heterocycles. The lowest BCUT2D eigenvalue weighted by Crippen LogP contribution is -2.27. The molecule has 8 nitrogen and oxygen atoms in total. The molecule has 2 saturated heterocycles. The van der Waals surface area contributed by atoms with E-state index in [2.05, 4.69) is 0 Å². The molecule has 4 rings (SSSR count). The molecule has 2 fully saturated rings. The van der Waals surface area contributed by atoms with E-state index in [-0.39, 0.29) is 47.5 Å². The van der Waals surface area contributed by atoms with Gasteiger partial charge >= 0.3 is 11.9 Å². The first-order valence-corrected chi connectivity index (χ1v) is 15.6. The van der Waals surface area contributed by atoms with Crippen molar-refractivity contribution in [2.75, 3.05) is 49.4 Å². The van der Waals surface area contributed by atoms with Crippen molar-refractivity contribution < 1.29 is 38.7 Å². The number of aliphatic hydroxyl groups is 2. The lowest BCUT2D eigenvalue weighted by Gasteiger charge is -2.17. The van der Waals surface area contributed by atoms with Crippen molar-refractivity contribution in [1.82, 2.24) is 0 Å². The Labute approximate surface area is 226 Å². The molecule has 2 aromatic carbocycles. The molecule has 0 amide bonds.